The van der Waals surface area contributed by atoms with Gasteiger partial charge in [0.15, 0.2) is 6.29 Å². The molecule has 0 heterocycles. The van der Waals surface area contributed by atoms with Gasteiger partial charge in [-0.25, -0.2) is 0 Å². The topological polar surface area (TPSA) is 18.5 Å². The Morgan fingerprint density at radius 1 is 1.29 bits per heavy atom. The fourth-order valence-corrected chi connectivity index (χ4v) is 2.22. The smallest absolute Gasteiger partial charge is 0.166 e. The van der Waals surface area contributed by atoms with E-state index in [0.29, 0.717) is 0 Å². The molecule has 0 saturated heterocycles. The molecular weight excluding hydrogens is 220 g/mol. The molecule has 2 nitrogen and oxygen atoms in total. The van der Waals surface area contributed by atoms with E-state index >= 15 is 0 Å². The third kappa shape index (κ3) is 3.50. The van der Waals surface area contributed by atoms with Crippen LogP contribution < -0.4 is 0 Å². The summed E-state index contributed by atoms with van der Waals surface area (Å²) in [6.45, 7) is 0. The zero-order chi connectivity index (χ0) is 10.4. The molecule has 0 bridgehead atoms. The molecule has 0 N–H and O–H groups in total. The highest BCUT2D eigenvalue weighted by molar-refractivity contribution is 7.99. The van der Waals surface area contributed by atoms with Gasteiger partial charge in [-0.3, -0.25) is 0 Å². The van der Waals surface area contributed by atoms with Crippen molar-refractivity contribution in [1.29, 1.82) is 0 Å². The van der Waals surface area contributed by atoms with E-state index in [2.05, 4.69) is 0 Å². The van der Waals surface area contributed by atoms with Gasteiger partial charge in [-0.2, -0.15) is 0 Å². The lowest BCUT2D eigenvalue weighted by Gasteiger charge is -2.12. The van der Waals surface area contributed by atoms with Crippen molar-refractivity contribution in [3.8, 4) is 0 Å². The van der Waals surface area contributed by atoms with Crippen molar-refractivity contribution in [2.45, 2.75) is 11.2 Å². The second kappa shape index (κ2) is 6.30. The number of hydrogen-bond donors (Lipinski definition) is 0. The third-order valence-electron chi connectivity index (χ3n) is 1.74. The first kappa shape index (κ1) is 11.9. The molecule has 1 aromatic rings. The zero-order valence-corrected chi connectivity index (χ0v) is 9.77. The molecule has 0 unspecified atom stereocenters. The second-order valence-electron chi connectivity index (χ2n) is 2.64. The van der Waals surface area contributed by atoms with E-state index in [9.17, 15) is 0 Å². The quantitative estimate of drug-likeness (QED) is 0.574. The summed E-state index contributed by atoms with van der Waals surface area (Å²) in [5, 5.41) is 0.767. The molecule has 0 spiro atoms. The Labute approximate surface area is 93.5 Å². The van der Waals surface area contributed by atoms with Crippen LogP contribution in [0.1, 0.15) is 0 Å². The number of methoxy groups -OCH3 is 2. The van der Waals surface area contributed by atoms with Crippen molar-refractivity contribution in [2.75, 3.05) is 20.0 Å². The minimum atomic E-state index is -0.184. The van der Waals surface area contributed by atoms with Crippen molar-refractivity contribution in [1.82, 2.24) is 0 Å². The van der Waals surface area contributed by atoms with Crippen molar-refractivity contribution in [3.05, 3.63) is 29.3 Å². The highest BCUT2D eigenvalue weighted by Crippen LogP contribution is 2.27. The maximum atomic E-state index is 5.99. The van der Waals surface area contributed by atoms with E-state index in [1.54, 1.807) is 26.0 Å². The van der Waals surface area contributed by atoms with E-state index in [-0.39, 0.29) is 6.29 Å². The lowest BCUT2D eigenvalue weighted by atomic mass is 10.4. The zero-order valence-electron chi connectivity index (χ0n) is 8.20. The van der Waals surface area contributed by atoms with Crippen LogP contribution in [0, 0.1) is 0 Å². The standard InChI is InChI=1S/C10H13ClO2S/c1-12-10(13-2)7-14-9-6-4-3-5-8(9)11/h3-6,10H,7H2,1-2H3. The van der Waals surface area contributed by atoms with Crippen LogP contribution in [0.2, 0.25) is 5.02 Å². The molecule has 0 aliphatic heterocycles. The van der Waals surface area contributed by atoms with Gasteiger partial charge < -0.3 is 9.47 Å². The van der Waals surface area contributed by atoms with Crippen LogP contribution in [0.15, 0.2) is 29.2 Å². The Balaban J connectivity index is 2.49. The summed E-state index contributed by atoms with van der Waals surface area (Å²) in [7, 11) is 3.25. The SMILES string of the molecule is COC(CSc1ccccc1Cl)OC. The molecule has 0 aromatic heterocycles. The first-order valence-electron chi connectivity index (χ1n) is 4.21. The van der Waals surface area contributed by atoms with Gasteiger partial charge in [-0.1, -0.05) is 23.7 Å². The Bertz CT molecular complexity index is 277. The predicted octanol–water partition coefficient (Wildman–Crippen LogP) is 3.05. The van der Waals surface area contributed by atoms with Crippen LogP contribution >= 0.6 is 23.4 Å². The molecule has 1 rings (SSSR count). The average molecular weight is 233 g/mol. The van der Waals surface area contributed by atoms with Gasteiger partial charge in [0.2, 0.25) is 0 Å². The number of thioether (sulfide) groups is 1. The lowest BCUT2D eigenvalue weighted by Crippen LogP contribution is -2.15. The van der Waals surface area contributed by atoms with Gasteiger partial charge in [0.25, 0.3) is 0 Å². The molecule has 0 amide bonds. The monoisotopic (exact) mass is 232 g/mol. The summed E-state index contributed by atoms with van der Waals surface area (Å²) in [6.07, 6.45) is -0.184. The number of hydrogen-bond acceptors (Lipinski definition) is 3. The maximum absolute atomic E-state index is 5.99. The summed E-state index contributed by atoms with van der Waals surface area (Å²) in [4.78, 5) is 1.05. The van der Waals surface area contributed by atoms with E-state index in [1.807, 2.05) is 24.3 Å². The van der Waals surface area contributed by atoms with Crippen molar-refractivity contribution < 1.29 is 9.47 Å². The fraction of sp³-hybridized carbons (Fsp3) is 0.400. The van der Waals surface area contributed by atoms with Crippen LogP contribution in [-0.4, -0.2) is 26.3 Å². The average Bonchev–Trinajstić information content (AvgIpc) is 2.22. The van der Waals surface area contributed by atoms with E-state index in [4.69, 9.17) is 21.1 Å². The van der Waals surface area contributed by atoms with Gasteiger partial charge >= 0.3 is 0 Å². The lowest BCUT2D eigenvalue weighted by molar-refractivity contribution is -0.0842. The number of benzene rings is 1. The summed E-state index contributed by atoms with van der Waals surface area (Å²) in [6, 6.07) is 7.73. The first-order chi connectivity index (χ1) is 6.77. The second-order valence-corrected chi connectivity index (χ2v) is 4.11. The van der Waals surface area contributed by atoms with Gasteiger partial charge in [-0.05, 0) is 12.1 Å². The maximum Gasteiger partial charge on any atom is 0.166 e. The number of halogens is 1. The Morgan fingerprint density at radius 2 is 1.93 bits per heavy atom. The third-order valence-corrected chi connectivity index (χ3v) is 3.28. The molecule has 78 valence electrons. The molecule has 14 heavy (non-hydrogen) atoms. The molecule has 0 aliphatic rings. The van der Waals surface area contributed by atoms with E-state index in [0.717, 1.165) is 15.7 Å². The molecular formula is C10H13ClO2S. The Hall–Kier alpha value is -0.220. The van der Waals surface area contributed by atoms with Crippen molar-refractivity contribution in [3.63, 3.8) is 0 Å². The first-order valence-corrected chi connectivity index (χ1v) is 5.57. The Morgan fingerprint density at radius 3 is 2.50 bits per heavy atom. The predicted molar refractivity (Wildman–Crippen MR) is 60.0 cm³/mol. The molecule has 0 atom stereocenters. The summed E-state index contributed by atoms with van der Waals surface area (Å²) >= 11 is 7.61. The van der Waals surface area contributed by atoms with Crippen LogP contribution in [0.5, 0.6) is 0 Å². The van der Waals surface area contributed by atoms with Crippen molar-refractivity contribution in [2.24, 2.45) is 0 Å². The van der Waals surface area contributed by atoms with E-state index in [1.165, 1.54) is 0 Å². The van der Waals surface area contributed by atoms with Crippen LogP contribution in [-0.2, 0) is 9.47 Å². The molecule has 0 fully saturated rings. The van der Waals surface area contributed by atoms with Gasteiger partial charge in [0, 0.05) is 24.9 Å². The normalized spacial score (nSPS) is 10.9. The van der Waals surface area contributed by atoms with Crippen LogP contribution in [0.3, 0.4) is 0 Å². The summed E-state index contributed by atoms with van der Waals surface area (Å²) < 4.78 is 10.1. The number of rotatable bonds is 5. The minimum absolute atomic E-state index is 0.184. The Kier molecular flexibility index (Phi) is 5.33. The van der Waals surface area contributed by atoms with Gasteiger partial charge in [-0.15, -0.1) is 11.8 Å². The van der Waals surface area contributed by atoms with Gasteiger partial charge in [0.05, 0.1) is 5.02 Å². The molecule has 0 aliphatic carbocycles. The van der Waals surface area contributed by atoms with E-state index < -0.39 is 0 Å². The molecule has 0 radical (unpaired) electrons. The van der Waals surface area contributed by atoms with Crippen LogP contribution in [0.4, 0.5) is 0 Å². The summed E-state index contributed by atoms with van der Waals surface area (Å²) in [5.41, 5.74) is 0. The minimum Gasteiger partial charge on any atom is -0.355 e. The molecule has 1 aromatic carbocycles. The highest BCUT2D eigenvalue weighted by atomic mass is 35.5. The largest absolute Gasteiger partial charge is 0.355 e. The number of ether oxygens (including phenoxy) is 2. The summed E-state index contributed by atoms with van der Waals surface area (Å²) in [5.74, 6) is 0.733. The molecule has 4 heteroatoms. The van der Waals surface area contributed by atoms with Crippen molar-refractivity contribution >= 4 is 23.4 Å². The fourth-order valence-electron chi connectivity index (χ4n) is 0.952. The van der Waals surface area contributed by atoms with Gasteiger partial charge in [0.1, 0.15) is 0 Å². The van der Waals surface area contributed by atoms with Crippen LogP contribution in [0.25, 0.3) is 0 Å². The molecule has 0 saturated carbocycles. The highest BCUT2D eigenvalue weighted by Gasteiger charge is 2.07.